The van der Waals surface area contributed by atoms with E-state index >= 15 is 0 Å². The Hall–Kier alpha value is -6.04. The van der Waals surface area contributed by atoms with Crippen LogP contribution in [-0.4, -0.2) is 72.3 Å². The van der Waals surface area contributed by atoms with Crippen LogP contribution in [0.4, 0.5) is 0 Å². The number of aryl methyl sites for hydroxylation is 3. The number of nitrogens with one attached hydrogen (secondary N) is 2. The summed E-state index contributed by atoms with van der Waals surface area (Å²) in [7, 11) is 5.30. The summed E-state index contributed by atoms with van der Waals surface area (Å²) in [5.41, 5.74) is 10.4. The Balaban J connectivity index is 1.76. The van der Waals surface area contributed by atoms with Crippen LogP contribution in [-0.2, 0) is 50.0 Å². The number of rotatable bonds is 9. The van der Waals surface area contributed by atoms with E-state index in [9.17, 15) is 19.2 Å². The molecule has 3 aromatic rings. The van der Waals surface area contributed by atoms with Crippen molar-refractivity contribution >= 4 is 68.7 Å². The molecule has 2 atom stereocenters. The van der Waals surface area contributed by atoms with Crippen LogP contribution < -0.4 is 0 Å². The number of carbonyl (C=O) groups is 4. The van der Waals surface area contributed by atoms with Crippen molar-refractivity contribution in [3.8, 4) is 0 Å². The second-order valence-electron chi connectivity index (χ2n) is 13.7. The van der Waals surface area contributed by atoms with Gasteiger partial charge in [-0.3, -0.25) is 19.4 Å². The van der Waals surface area contributed by atoms with E-state index in [1.165, 1.54) is 28.4 Å². The first kappa shape index (κ1) is 37.7. The summed E-state index contributed by atoms with van der Waals surface area (Å²) in [5, 5.41) is 0. The van der Waals surface area contributed by atoms with Crippen molar-refractivity contribution < 1.29 is 38.1 Å². The predicted octanol–water partition coefficient (Wildman–Crippen LogP) is 6.81. The molecule has 0 radical (unpaired) electrons. The second kappa shape index (κ2) is 14.8. The molecule has 0 saturated heterocycles. The molecule has 0 aromatic carbocycles. The van der Waals surface area contributed by atoms with Crippen molar-refractivity contribution in [2.24, 2.45) is 5.92 Å². The Morgan fingerprint density at radius 3 is 2.04 bits per heavy atom. The van der Waals surface area contributed by atoms with Crippen LogP contribution >= 0.6 is 0 Å². The van der Waals surface area contributed by atoms with Crippen LogP contribution in [0, 0.1) is 19.8 Å². The first-order chi connectivity index (χ1) is 25.8. The van der Waals surface area contributed by atoms with Crippen molar-refractivity contribution in [2.75, 3.05) is 28.4 Å². The summed E-state index contributed by atoms with van der Waals surface area (Å²) in [6.45, 7) is 11.9. The lowest BCUT2D eigenvalue weighted by Crippen LogP contribution is -2.42. The van der Waals surface area contributed by atoms with Crippen LogP contribution in [0.25, 0.3) is 44.9 Å². The molecule has 3 aromatic heterocycles. The third-order valence-corrected chi connectivity index (χ3v) is 10.9. The third kappa shape index (κ3) is 6.35. The molecule has 8 bridgehead atoms. The van der Waals surface area contributed by atoms with E-state index in [1.54, 1.807) is 18.2 Å². The van der Waals surface area contributed by atoms with Gasteiger partial charge in [0, 0.05) is 40.5 Å². The smallest absolute Gasteiger partial charge is 0.334 e. The van der Waals surface area contributed by atoms with Gasteiger partial charge >= 0.3 is 23.9 Å². The lowest BCUT2D eigenvalue weighted by Gasteiger charge is -2.36. The molecular formula is C42H44N4O8. The van der Waals surface area contributed by atoms with Gasteiger partial charge in [0.15, 0.2) is 0 Å². The van der Waals surface area contributed by atoms with Crippen molar-refractivity contribution in [1.82, 2.24) is 19.9 Å². The van der Waals surface area contributed by atoms with Crippen LogP contribution in [0.3, 0.4) is 0 Å². The van der Waals surface area contributed by atoms with Gasteiger partial charge in [-0.2, -0.15) is 0 Å². The van der Waals surface area contributed by atoms with Crippen molar-refractivity contribution in [3.63, 3.8) is 0 Å². The van der Waals surface area contributed by atoms with Gasteiger partial charge in [-0.15, -0.1) is 0 Å². The number of fused-ring (bicyclic) bond motifs is 11. The van der Waals surface area contributed by atoms with Crippen molar-refractivity contribution in [2.45, 2.75) is 58.8 Å². The topological polar surface area (TPSA) is 163 Å². The number of H-pyrrole nitrogens is 2. The van der Waals surface area contributed by atoms with Crippen LogP contribution in [0.15, 0.2) is 48.6 Å². The molecule has 0 fully saturated rings. The molecule has 5 heterocycles. The lowest BCUT2D eigenvalue weighted by molar-refractivity contribution is -0.149. The number of carbonyl (C=O) groups excluding carboxylic acids is 4. The predicted molar refractivity (Wildman–Crippen MR) is 206 cm³/mol. The molecule has 280 valence electrons. The Morgan fingerprint density at radius 2 is 1.39 bits per heavy atom. The first-order valence-corrected chi connectivity index (χ1v) is 17.6. The highest BCUT2D eigenvalue weighted by Gasteiger charge is 2.53. The van der Waals surface area contributed by atoms with E-state index in [0.29, 0.717) is 46.7 Å². The quantitative estimate of drug-likeness (QED) is 0.177. The molecule has 6 rings (SSSR count). The Labute approximate surface area is 313 Å². The van der Waals surface area contributed by atoms with E-state index in [2.05, 4.69) is 16.5 Å². The third-order valence-electron chi connectivity index (χ3n) is 10.9. The average Bonchev–Trinajstić information content (AvgIpc) is 3.82. The van der Waals surface area contributed by atoms with Crippen molar-refractivity contribution in [3.05, 3.63) is 93.6 Å². The van der Waals surface area contributed by atoms with Gasteiger partial charge in [-0.1, -0.05) is 24.8 Å². The number of esters is 4. The summed E-state index contributed by atoms with van der Waals surface area (Å²) < 4.78 is 20.4. The standard InChI is InChI=1S/C42H44N4O8/c1-10-24-21(2)29-17-30-22(3)25(12-15-37(47)51-6)32(43-30)19-33-26(13-16-38(48)52-7)23(4)31(44-33)18-35-28-14-11-27(40(49)53-8)39(41(50)54-9)42(28,5)36(46-35)20-34(24)45-29/h10-11,14,17-20,39,44-45H,1,12-13,15-16H2,2-9H3/t39-,42+/m0/s1. The maximum atomic E-state index is 13.7. The molecule has 2 aliphatic heterocycles. The monoisotopic (exact) mass is 732 g/mol. The van der Waals surface area contributed by atoms with Crippen LogP contribution in [0.2, 0.25) is 0 Å². The number of nitrogens with zero attached hydrogens (tertiary/aromatic N) is 2. The van der Waals surface area contributed by atoms with Crippen LogP contribution in [0.1, 0.15) is 78.1 Å². The minimum absolute atomic E-state index is 0.149. The molecule has 2 N–H and O–H groups in total. The molecule has 54 heavy (non-hydrogen) atoms. The molecule has 3 aliphatic rings. The summed E-state index contributed by atoms with van der Waals surface area (Å²) >= 11 is 0. The molecule has 12 heteroatoms. The normalized spacial score (nSPS) is 17.6. The molecular weight excluding hydrogens is 688 g/mol. The fourth-order valence-electron chi connectivity index (χ4n) is 7.78. The zero-order valence-corrected chi connectivity index (χ0v) is 31.8. The Kier molecular flexibility index (Phi) is 10.3. The number of aromatic nitrogens is 4. The first-order valence-electron chi connectivity index (χ1n) is 17.6. The minimum Gasteiger partial charge on any atom is -0.469 e. The van der Waals surface area contributed by atoms with Gasteiger partial charge in [-0.25, -0.2) is 9.78 Å². The zero-order valence-electron chi connectivity index (χ0n) is 31.8. The maximum absolute atomic E-state index is 13.7. The number of hydrogen-bond acceptors (Lipinski definition) is 10. The second-order valence-corrected chi connectivity index (χ2v) is 13.7. The summed E-state index contributed by atoms with van der Waals surface area (Å²) in [6, 6.07) is 7.72. The number of aromatic amines is 2. The number of ether oxygens (including phenoxy) is 4. The van der Waals surface area contributed by atoms with Crippen molar-refractivity contribution in [1.29, 1.82) is 0 Å². The highest BCUT2D eigenvalue weighted by Crippen LogP contribution is 2.52. The number of methoxy groups -OCH3 is 4. The molecule has 0 spiro atoms. The summed E-state index contributed by atoms with van der Waals surface area (Å²) in [4.78, 5) is 68.9. The van der Waals surface area contributed by atoms with E-state index in [-0.39, 0.29) is 30.4 Å². The van der Waals surface area contributed by atoms with E-state index in [1.807, 2.05) is 52.0 Å². The molecule has 0 saturated carbocycles. The fourth-order valence-corrected chi connectivity index (χ4v) is 7.78. The maximum Gasteiger partial charge on any atom is 0.334 e. The molecule has 1 aliphatic carbocycles. The van der Waals surface area contributed by atoms with E-state index in [0.717, 1.165) is 50.0 Å². The highest BCUT2D eigenvalue weighted by atomic mass is 16.5. The fraction of sp³-hybridized carbons (Fsp3) is 0.333. The summed E-state index contributed by atoms with van der Waals surface area (Å²) in [5.74, 6) is -3.00. The van der Waals surface area contributed by atoms with Crippen LogP contribution in [0.5, 0.6) is 0 Å². The minimum atomic E-state index is -1.15. The Morgan fingerprint density at radius 1 is 0.759 bits per heavy atom. The Bertz CT molecular complexity index is 2390. The van der Waals surface area contributed by atoms with Gasteiger partial charge in [0.25, 0.3) is 0 Å². The van der Waals surface area contributed by atoms with Gasteiger partial charge in [0.2, 0.25) is 0 Å². The van der Waals surface area contributed by atoms with E-state index in [4.69, 9.17) is 28.9 Å². The SMILES string of the molecule is C=Cc1c(C)c2cc3nc(cc4[nH]c(cc5nc(cc1[nH]2)[C@@]1(C)C5=CC=C(C(=O)OC)[C@H]1C(=O)OC)c(C)c4CCC(=O)OC)C(CCC(=O)OC)=C3C. The molecule has 0 amide bonds. The number of allylic oxidation sites excluding steroid dienone is 5. The van der Waals surface area contributed by atoms with Gasteiger partial charge in [0.05, 0.1) is 62.2 Å². The van der Waals surface area contributed by atoms with Gasteiger partial charge < -0.3 is 28.9 Å². The van der Waals surface area contributed by atoms with Gasteiger partial charge in [-0.05, 0) is 98.2 Å². The largest absolute Gasteiger partial charge is 0.469 e. The number of hydrogen-bond donors (Lipinski definition) is 2. The zero-order chi connectivity index (χ0) is 39.1. The molecule has 0 unspecified atom stereocenters. The van der Waals surface area contributed by atoms with E-state index < -0.39 is 23.3 Å². The average molecular weight is 733 g/mol. The highest BCUT2D eigenvalue weighted by molar-refractivity contribution is 6.02. The van der Waals surface area contributed by atoms with Gasteiger partial charge in [0.1, 0.15) is 5.92 Å². The lowest BCUT2D eigenvalue weighted by atomic mass is 9.64. The summed E-state index contributed by atoms with van der Waals surface area (Å²) in [6.07, 6.45) is 6.28. The molecule has 12 nitrogen and oxygen atoms in total.